The molecular formula is C16H18FN3O3. The first-order valence-corrected chi connectivity index (χ1v) is 7.31. The number of carbonyl (C=O) groups is 1. The molecule has 0 saturated carbocycles. The lowest BCUT2D eigenvalue weighted by molar-refractivity contribution is 0.0728. The Balaban J connectivity index is 1.88. The van der Waals surface area contributed by atoms with E-state index >= 15 is 0 Å². The number of aryl methyl sites for hydroxylation is 1. The van der Waals surface area contributed by atoms with Gasteiger partial charge in [0.05, 0.1) is 18.7 Å². The summed E-state index contributed by atoms with van der Waals surface area (Å²) < 4.78 is 26.0. The summed E-state index contributed by atoms with van der Waals surface area (Å²) in [6.45, 7) is 1.19. The van der Waals surface area contributed by atoms with Crippen molar-refractivity contribution in [3.8, 4) is 5.75 Å². The summed E-state index contributed by atoms with van der Waals surface area (Å²) in [4.78, 5) is 14.5. The van der Waals surface area contributed by atoms with E-state index in [1.54, 1.807) is 42.1 Å². The number of para-hydroxylation sites is 1. The highest BCUT2D eigenvalue weighted by Gasteiger charge is 2.25. The Hall–Kier alpha value is -2.41. The van der Waals surface area contributed by atoms with Gasteiger partial charge in [-0.1, -0.05) is 12.1 Å². The number of rotatable bonds is 3. The van der Waals surface area contributed by atoms with Gasteiger partial charge in [0, 0.05) is 32.5 Å². The van der Waals surface area contributed by atoms with Gasteiger partial charge in [-0.15, -0.1) is 0 Å². The molecule has 0 saturated heterocycles. The number of amides is 1. The third-order valence-corrected chi connectivity index (χ3v) is 3.72. The van der Waals surface area contributed by atoms with Crippen LogP contribution in [0.2, 0.25) is 0 Å². The normalized spacial score (nSPS) is 14.1. The number of ether oxygens (including phenoxy) is 2. The summed E-state index contributed by atoms with van der Waals surface area (Å²) in [5, 5.41) is 4.25. The van der Waals surface area contributed by atoms with Gasteiger partial charge in [0.2, 0.25) is 0 Å². The van der Waals surface area contributed by atoms with Crippen LogP contribution in [0.25, 0.3) is 0 Å². The molecule has 0 spiro atoms. The number of fused-ring (bicyclic) bond motifs is 1. The summed E-state index contributed by atoms with van der Waals surface area (Å²) in [6.07, 6.45) is 1.68. The SMILES string of the molecule is COCc1nn(C)cc1C(=O)N1CCOc2c(F)cccc2C1. The number of carbonyl (C=O) groups excluding carboxylic acids is 1. The molecule has 122 valence electrons. The first-order chi connectivity index (χ1) is 11.1. The van der Waals surface area contributed by atoms with Crippen molar-refractivity contribution < 1.29 is 18.7 Å². The lowest BCUT2D eigenvalue weighted by atomic mass is 10.1. The Morgan fingerprint density at radius 2 is 2.30 bits per heavy atom. The largest absolute Gasteiger partial charge is 0.488 e. The lowest BCUT2D eigenvalue weighted by Crippen LogP contribution is -2.32. The zero-order valence-corrected chi connectivity index (χ0v) is 13.1. The standard InChI is InChI=1S/C16H18FN3O3/c1-19-9-12(14(18-19)10-22-2)16(21)20-6-7-23-15-11(8-20)4-3-5-13(15)17/h3-5,9H,6-8,10H2,1-2H3. The molecule has 2 aromatic rings. The molecule has 0 atom stereocenters. The first kappa shape index (κ1) is 15.5. The van der Waals surface area contributed by atoms with E-state index < -0.39 is 5.82 Å². The topological polar surface area (TPSA) is 56.6 Å². The molecular weight excluding hydrogens is 301 g/mol. The van der Waals surface area contributed by atoms with Gasteiger partial charge >= 0.3 is 0 Å². The number of hydrogen-bond donors (Lipinski definition) is 0. The minimum absolute atomic E-state index is 0.161. The van der Waals surface area contributed by atoms with E-state index in [1.165, 1.54) is 6.07 Å². The summed E-state index contributed by atoms with van der Waals surface area (Å²) in [5.41, 5.74) is 1.74. The van der Waals surface area contributed by atoms with Crippen LogP contribution in [0.3, 0.4) is 0 Å². The average molecular weight is 319 g/mol. The highest BCUT2D eigenvalue weighted by atomic mass is 19.1. The van der Waals surface area contributed by atoms with Crippen LogP contribution in [0.4, 0.5) is 4.39 Å². The molecule has 0 radical (unpaired) electrons. The maximum absolute atomic E-state index is 13.8. The molecule has 1 aromatic heterocycles. The molecule has 1 amide bonds. The number of aromatic nitrogens is 2. The van der Waals surface area contributed by atoms with Crippen molar-refractivity contribution in [3.05, 3.63) is 47.0 Å². The molecule has 0 N–H and O–H groups in total. The van der Waals surface area contributed by atoms with Gasteiger partial charge in [-0.05, 0) is 6.07 Å². The Morgan fingerprint density at radius 1 is 1.48 bits per heavy atom. The zero-order chi connectivity index (χ0) is 16.4. The van der Waals surface area contributed by atoms with E-state index in [1.807, 2.05) is 0 Å². The van der Waals surface area contributed by atoms with Gasteiger partial charge in [0.25, 0.3) is 5.91 Å². The van der Waals surface area contributed by atoms with E-state index in [0.717, 1.165) is 0 Å². The number of nitrogens with zero attached hydrogens (tertiary/aromatic N) is 3. The Morgan fingerprint density at radius 3 is 3.09 bits per heavy atom. The van der Waals surface area contributed by atoms with Gasteiger partial charge in [-0.2, -0.15) is 5.10 Å². The van der Waals surface area contributed by atoms with Gasteiger partial charge in [0.1, 0.15) is 12.3 Å². The van der Waals surface area contributed by atoms with Gasteiger partial charge in [0.15, 0.2) is 11.6 Å². The molecule has 0 bridgehead atoms. The van der Waals surface area contributed by atoms with Crippen molar-refractivity contribution in [1.29, 1.82) is 0 Å². The van der Waals surface area contributed by atoms with Crippen LogP contribution in [0, 0.1) is 5.82 Å². The quantitative estimate of drug-likeness (QED) is 0.865. The summed E-state index contributed by atoms with van der Waals surface area (Å²) in [7, 11) is 3.31. The summed E-state index contributed by atoms with van der Waals surface area (Å²) in [6, 6.07) is 4.74. The monoisotopic (exact) mass is 319 g/mol. The maximum Gasteiger partial charge on any atom is 0.257 e. The minimum atomic E-state index is -0.404. The van der Waals surface area contributed by atoms with Crippen LogP contribution < -0.4 is 4.74 Å². The van der Waals surface area contributed by atoms with Crippen LogP contribution in [0.5, 0.6) is 5.75 Å². The molecule has 1 aliphatic rings. The van der Waals surface area contributed by atoms with Crippen molar-refractivity contribution in [3.63, 3.8) is 0 Å². The molecule has 2 heterocycles. The van der Waals surface area contributed by atoms with Gasteiger partial charge in [-0.3, -0.25) is 9.48 Å². The smallest absolute Gasteiger partial charge is 0.257 e. The molecule has 0 fully saturated rings. The van der Waals surface area contributed by atoms with E-state index in [-0.39, 0.29) is 24.9 Å². The van der Waals surface area contributed by atoms with E-state index in [2.05, 4.69) is 5.10 Å². The van der Waals surface area contributed by atoms with Gasteiger partial charge < -0.3 is 14.4 Å². The fourth-order valence-electron chi connectivity index (χ4n) is 2.68. The highest BCUT2D eigenvalue weighted by Crippen LogP contribution is 2.27. The van der Waals surface area contributed by atoms with Crippen molar-refractivity contribution in [2.24, 2.45) is 7.05 Å². The number of methoxy groups -OCH3 is 1. The van der Waals surface area contributed by atoms with Crippen molar-refractivity contribution in [2.75, 3.05) is 20.3 Å². The molecule has 0 aliphatic carbocycles. The van der Waals surface area contributed by atoms with Crippen LogP contribution in [-0.4, -0.2) is 40.8 Å². The average Bonchev–Trinajstić information content (AvgIpc) is 2.76. The molecule has 6 nitrogen and oxygen atoms in total. The second-order valence-electron chi connectivity index (χ2n) is 5.40. The van der Waals surface area contributed by atoms with Crippen molar-refractivity contribution >= 4 is 5.91 Å². The predicted molar refractivity (Wildman–Crippen MR) is 80.6 cm³/mol. The summed E-state index contributed by atoms with van der Waals surface area (Å²) in [5.74, 6) is -0.338. The number of hydrogen-bond acceptors (Lipinski definition) is 4. The Kier molecular flexibility index (Phi) is 4.29. The molecule has 23 heavy (non-hydrogen) atoms. The zero-order valence-electron chi connectivity index (χ0n) is 13.1. The van der Waals surface area contributed by atoms with E-state index in [4.69, 9.17) is 9.47 Å². The molecule has 7 heteroatoms. The molecule has 1 aliphatic heterocycles. The molecule has 1 aromatic carbocycles. The second kappa shape index (κ2) is 6.37. The van der Waals surface area contributed by atoms with E-state index in [0.29, 0.717) is 29.9 Å². The highest BCUT2D eigenvalue weighted by molar-refractivity contribution is 5.95. The fraction of sp³-hybridized carbons (Fsp3) is 0.375. The van der Waals surface area contributed by atoms with Crippen molar-refractivity contribution in [2.45, 2.75) is 13.2 Å². The Bertz CT molecular complexity index is 729. The summed E-state index contributed by atoms with van der Waals surface area (Å²) >= 11 is 0. The number of halogens is 1. The molecule has 3 rings (SSSR count). The predicted octanol–water partition coefficient (Wildman–Crippen LogP) is 1.74. The second-order valence-corrected chi connectivity index (χ2v) is 5.40. The lowest BCUT2D eigenvalue weighted by Gasteiger charge is -2.19. The van der Waals surface area contributed by atoms with Crippen LogP contribution in [-0.2, 0) is 24.9 Å². The molecule has 0 unspecified atom stereocenters. The van der Waals surface area contributed by atoms with Crippen molar-refractivity contribution in [1.82, 2.24) is 14.7 Å². The maximum atomic E-state index is 13.8. The third kappa shape index (κ3) is 3.05. The third-order valence-electron chi connectivity index (χ3n) is 3.72. The number of benzene rings is 1. The Labute approximate surface area is 133 Å². The van der Waals surface area contributed by atoms with Crippen LogP contribution in [0.15, 0.2) is 24.4 Å². The minimum Gasteiger partial charge on any atom is -0.488 e. The van der Waals surface area contributed by atoms with Crippen LogP contribution in [0.1, 0.15) is 21.6 Å². The van der Waals surface area contributed by atoms with Gasteiger partial charge in [-0.25, -0.2) is 4.39 Å². The van der Waals surface area contributed by atoms with E-state index in [9.17, 15) is 9.18 Å². The fourth-order valence-corrected chi connectivity index (χ4v) is 2.68. The first-order valence-electron chi connectivity index (χ1n) is 7.31. The van der Waals surface area contributed by atoms with Crippen LogP contribution >= 0.6 is 0 Å².